The molecule has 88 valence electrons. The smallest absolute Gasteiger partial charge is 0.193 e. The van der Waals surface area contributed by atoms with Crippen LogP contribution in [0.15, 0.2) is 34.2 Å². The normalized spacial score (nSPS) is 11.4. The predicted octanol–water partition coefficient (Wildman–Crippen LogP) is 2.05. The van der Waals surface area contributed by atoms with Crippen molar-refractivity contribution in [3.8, 4) is 0 Å². The zero-order valence-electron chi connectivity index (χ0n) is 10.3. The number of nitrogens with one attached hydrogen (secondary N) is 1. The molecule has 16 heavy (non-hydrogen) atoms. The van der Waals surface area contributed by atoms with Gasteiger partial charge >= 0.3 is 0 Å². The van der Waals surface area contributed by atoms with E-state index in [0.29, 0.717) is 0 Å². The second kappa shape index (κ2) is 6.43. The van der Waals surface area contributed by atoms with E-state index < -0.39 is 0 Å². The Kier molecular flexibility index (Phi) is 5.19. The number of nitrogens with zero attached hydrogens (tertiary/aromatic N) is 2. The van der Waals surface area contributed by atoms with Crippen LogP contribution in [0.25, 0.3) is 0 Å². The van der Waals surface area contributed by atoms with Gasteiger partial charge in [0.2, 0.25) is 0 Å². The maximum atomic E-state index is 4.16. The Bertz CT molecular complexity index is 346. The molecule has 0 bridgehead atoms. The average molecular weight is 237 g/mol. The first-order chi connectivity index (χ1) is 7.71. The predicted molar refractivity (Wildman–Crippen MR) is 72.1 cm³/mol. The molecule has 1 rings (SSSR count). The van der Waals surface area contributed by atoms with Crippen LogP contribution in [0.3, 0.4) is 0 Å². The topological polar surface area (TPSA) is 27.6 Å². The highest BCUT2D eigenvalue weighted by Gasteiger charge is 2.03. The first-order valence-corrected chi connectivity index (χ1v) is 6.42. The summed E-state index contributed by atoms with van der Waals surface area (Å²) in [7, 11) is 5.70. The Labute approximate surface area is 102 Å². The lowest BCUT2D eigenvalue weighted by atomic mass is 10.2. The lowest BCUT2D eigenvalue weighted by Crippen LogP contribution is -2.36. The van der Waals surface area contributed by atoms with Crippen molar-refractivity contribution in [3.63, 3.8) is 0 Å². The summed E-state index contributed by atoms with van der Waals surface area (Å²) in [6, 6.07) is 8.61. The van der Waals surface area contributed by atoms with E-state index in [1.54, 1.807) is 18.8 Å². The number of thioether (sulfide) groups is 1. The molecule has 0 saturated carbocycles. The minimum atomic E-state index is 0.863. The third-order valence-corrected chi connectivity index (χ3v) is 3.12. The summed E-state index contributed by atoms with van der Waals surface area (Å²) in [5.41, 5.74) is 1.29. The Morgan fingerprint density at radius 1 is 1.38 bits per heavy atom. The van der Waals surface area contributed by atoms with Crippen LogP contribution in [-0.4, -0.2) is 38.3 Å². The van der Waals surface area contributed by atoms with E-state index in [0.717, 1.165) is 12.5 Å². The fraction of sp³-hybridized carbons (Fsp3) is 0.417. The number of hydrogen-bond donors (Lipinski definition) is 1. The molecule has 0 atom stereocenters. The van der Waals surface area contributed by atoms with Crippen LogP contribution in [-0.2, 0) is 6.54 Å². The van der Waals surface area contributed by atoms with Crippen LogP contribution in [0.5, 0.6) is 0 Å². The van der Waals surface area contributed by atoms with E-state index in [1.807, 2.05) is 14.1 Å². The minimum absolute atomic E-state index is 0.863. The standard InChI is InChI=1S/C12H19N3S/c1-13-12(14-2)15(3)9-10-5-7-11(16-4)8-6-10/h5-8H,9H2,1-4H3,(H,13,14). The highest BCUT2D eigenvalue weighted by atomic mass is 32.2. The zero-order chi connectivity index (χ0) is 12.0. The first-order valence-electron chi connectivity index (χ1n) is 5.20. The summed E-state index contributed by atoms with van der Waals surface area (Å²) in [4.78, 5) is 7.55. The third kappa shape index (κ3) is 3.45. The third-order valence-electron chi connectivity index (χ3n) is 2.38. The molecule has 3 nitrogen and oxygen atoms in total. The van der Waals surface area contributed by atoms with Gasteiger partial charge in [-0.2, -0.15) is 0 Å². The molecule has 0 amide bonds. The van der Waals surface area contributed by atoms with Crippen LogP contribution >= 0.6 is 11.8 Å². The summed E-state index contributed by atoms with van der Waals surface area (Å²) >= 11 is 1.76. The summed E-state index contributed by atoms with van der Waals surface area (Å²) in [5, 5.41) is 3.07. The summed E-state index contributed by atoms with van der Waals surface area (Å²) in [5.74, 6) is 0.897. The van der Waals surface area contributed by atoms with Gasteiger partial charge < -0.3 is 10.2 Å². The molecule has 0 radical (unpaired) electrons. The summed E-state index contributed by atoms with van der Waals surface area (Å²) in [6.45, 7) is 0.863. The second-order valence-corrected chi connectivity index (χ2v) is 4.38. The molecule has 1 aromatic rings. The summed E-state index contributed by atoms with van der Waals surface area (Å²) in [6.07, 6.45) is 2.09. The summed E-state index contributed by atoms with van der Waals surface area (Å²) < 4.78 is 0. The molecule has 0 unspecified atom stereocenters. The van der Waals surface area contributed by atoms with Gasteiger partial charge in [0.1, 0.15) is 0 Å². The first kappa shape index (κ1) is 12.9. The fourth-order valence-corrected chi connectivity index (χ4v) is 1.96. The van der Waals surface area contributed by atoms with E-state index in [-0.39, 0.29) is 0 Å². The van der Waals surface area contributed by atoms with Crippen molar-refractivity contribution in [1.82, 2.24) is 10.2 Å². The van der Waals surface area contributed by atoms with Crippen LogP contribution < -0.4 is 5.32 Å². The Morgan fingerprint density at radius 2 is 2.00 bits per heavy atom. The zero-order valence-corrected chi connectivity index (χ0v) is 11.1. The van der Waals surface area contributed by atoms with Crippen molar-refractivity contribution < 1.29 is 0 Å². The molecule has 0 aliphatic heterocycles. The van der Waals surface area contributed by atoms with E-state index in [1.165, 1.54) is 10.5 Å². The number of rotatable bonds is 3. The van der Waals surface area contributed by atoms with Crippen molar-refractivity contribution in [1.29, 1.82) is 0 Å². The molecule has 0 spiro atoms. The number of guanidine groups is 1. The molecule has 0 aliphatic carbocycles. The maximum absolute atomic E-state index is 4.16. The molecular weight excluding hydrogens is 218 g/mol. The average Bonchev–Trinajstić information content (AvgIpc) is 2.31. The Morgan fingerprint density at radius 3 is 2.44 bits per heavy atom. The minimum Gasteiger partial charge on any atom is -0.359 e. The van der Waals surface area contributed by atoms with Gasteiger partial charge in [0.05, 0.1) is 0 Å². The molecule has 1 aromatic carbocycles. The lowest BCUT2D eigenvalue weighted by molar-refractivity contribution is 0.483. The van der Waals surface area contributed by atoms with Crippen molar-refractivity contribution in [2.24, 2.45) is 4.99 Å². The van der Waals surface area contributed by atoms with Gasteiger partial charge in [0.15, 0.2) is 5.96 Å². The van der Waals surface area contributed by atoms with Crippen LogP contribution in [0, 0.1) is 0 Å². The van der Waals surface area contributed by atoms with Crippen molar-refractivity contribution in [2.75, 3.05) is 27.4 Å². The van der Waals surface area contributed by atoms with E-state index >= 15 is 0 Å². The highest BCUT2D eigenvalue weighted by molar-refractivity contribution is 7.98. The number of hydrogen-bond acceptors (Lipinski definition) is 2. The molecule has 0 fully saturated rings. The Hall–Kier alpha value is -1.16. The van der Waals surface area contributed by atoms with Gasteiger partial charge in [0, 0.05) is 32.6 Å². The van der Waals surface area contributed by atoms with Gasteiger partial charge in [-0.3, -0.25) is 4.99 Å². The molecule has 0 aliphatic rings. The van der Waals surface area contributed by atoms with Crippen molar-refractivity contribution in [2.45, 2.75) is 11.4 Å². The highest BCUT2D eigenvalue weighted by Crippen LogP contribution is 2.15. The second-order valence-electron chi connectivity index (χ2n) is 3.50. The van der Waals surface area contributed by atoms with Gasteiger partial charge in [-0.15, -0.1) is 11.8 Å². The molecule has 1 N–H and O–H groups in total. The molecule has 0 heterocycles. The van der Waals surface area contributed by atoms with Gasteiger partial charge in [0.25, 0.3) is 0 Å². The maximum Gasteiger partial charge on any atom is 0.193 e. The van der Waals surface area contributed by atoms with Gasteiger partial charge in [-0.05, 0) is 24.0 Å². The molecular formula is C12H19N3S. The van der Waals surface area contributed by atoms with Crippen LogP contribution in [0.2, 0.25) is 0 Å². The van der Waals surface area contributed by atoms with Gasteiger partial charge in [-0.25, -0.2) is 0 Å². The number of benzene rings is 1. The SMILES string of the molecule is CN=C(NC)N(C)Cc1ccc(SC)cc1. The number of aliphatic imine (C=N–C) groups is 1. The van der Waals surface area contributed by atoms with E-state index in [9.17, 15) is 0 Å². The molecule has 4 heteroatoms. The van der Waals surface area contributed by atoms with Crippen LogP contribution in [0.4, 0.5) is 0 Å². The van der Waals surface area contributed by atoms with E-state index in [2.05, 4.69) is 45.7 Å². The monoisotopic (exact) mass is 237 g/mol. The fourth-order valence-electron chi connectivity index (χ4n) is 1.55. The van der Waals surface area contributed by atoms with Gasteiger partial charge in [-0.1, -0.05) is 12.1 Å². The van der Waals surface area contributed by atoms with E-state index in [4.69, 9.17) is 0 Å². The van der Waals surface area contributed by atoms with Crippen LogP contribution in [0.1, 0.15) is 5.56 Å². The Balaban J connectivity index is 2.65. The largest absolute Gasteiger partial charge is 0.359 e. The quantitative estimate of drug-likeness (QED) is 0.495. The molecule has 0 saturated heterocycles. The molecule has 0 aromatic heterocycles. The van der Waals surface area contributed by atoms with Crippen molar-refractivity contribution >= 4 is 17.7 Å². The lowest BCUT2D eigenvalue weighted by Gasteiger charge is -2.20. The van der Waals surface area contributed by atoms with Crippen molar-refractivity contribution in [3.05, 3.63) is 29.8 Å².